The molecule has 0 N–H and O–H groups in total. The molecule has 0 aliphatic carbocycles. The molecule has 23 heavy (non-hydrogen) atoms. The number of aromatic nitrogens is 3. The van der Waals surface area contributed by atoms with Crippen LogP contribution in [0.5, 0.6) is 5.75 Å². The minimum Gasteiger partial charge on any atom is -0.496 e. The van der Waals surface area contributed by atoms with Gasteiger partial charge in [-0.1, -0.05) is 30.0 Å². The third-order valence-corrected chi connectivity index (χ3v) is 4.56. The van der Waals surface area contributed by atoms with Crippen molar-refractivity contribution < 1.29 is 9.13 Å². The van der Waals surface area contributed by atoms with Crippen LogP contribution >= 0.6 is 11.8 Å². The fraction of sp³-hybridized carbons (Fsp3) is 0.176. The average Bonchev–Trinajstić information content (AvgIpc) is 2.95. The van der Waals surface area contributed by atoms with Crippen LogP contribution in [0.25, 0.3) is 11.4 Å². The van der Waals surface area contributed by atoms with E-state index in [1.807, 2.05) is 35.9 Å². The number of ether oxygens (including phenoxy) is 1. The number of thioether (sulfide) groups is 1. The number of hydrogen-bond acceptors (Lipinski definition) is 4. The van der Waals surface area contributed by atoms with Gasteiger partial charge in [-0.3, -0.25) is 0 Å². The van der Waals surface area contributed by atoms with E-state index in [1.165, 1.54) is 12.1 Å². The molecule has 0 fully saturated rings. The van der Waals surface area contributed by atoms with Crippen molar-refractivity contribution in [1.82, 2.24) is 14.8 Å². The van der Waals surface area contributed by atoms with Crippen LogP contribution in [0.2, 0.25) is 0 Å². The number of para-hydroxylation sites is 1. The summed E-state index contributed by atoms with van der Waals surface area (Å²) in [5.41, 5.74) is 1.94. The van der Waals surface area contributed by atoms with Gasteiger partial charge in [-0.05, 0) is 30.3 Å². The Bertz CT molecular complexity index is 802. The van der Waals surface area contributed by atoms with Crippen molar-refractivity contribution in [2.45, 2.75) is 10.9 Å². The van der Waals surface area contributed by atoms with Crippen LogP contribution < -0.4 is 4.74 Å². The highest BCUT2D eigenvalue weighted by Crippen LogP contribution is 2.28. The summed E-state index contributed by atoms with van der Waals surface area (Å²) in [6.07, 6.45) is 0. The van der Waals surface area contributed by atoms with Crippen LogP contribution in [0.4, 0.5) is 4.39 Å². The van der Waals surface area contributed by atoms with Crippen molar-refractivity contribution in [3.8, 4) is 17.1 Å². The van der Waals surface area contributed by atoms with Gasteiger partial charge >= 0.3 is 0 Å². The summed E-state index contributed by atoms with van der Waals surface area (Å²) in [4.78, 5) is 0. The maximum Gasteiger partial charge on any atom is 0.191 e. The quantitative estimate of drug-likeness (QED) is 0.665. The Morgan fingerprint density at radius 2 is 1.83 bits per heavy atom. The molecule has 0 amide bonds. The first kappa shape index (κ1) is 15.6. The van der Waals surface area contributed by atoms with Crippen LogP contribution in [0.15, 0.2) is 53.7 Å². The lowest BCUT2D eigenvalue weighted by molar-refractivity contribution is 0.411. The highest BCUT2D eigenvalue weighted by Gasteiger charge is 2.12. The number of rotatable bonds is 5. The van der Waals surface area contributed by atoms with Crippen LogP contribution in [0, 0.1) is 5.82 Å². The molecule has 1 heterocycles. The first-order valence-corrected chi connectivity index (χ1v) is 8.07. The van der Waals surface area contributed by atoms with Crippen LogP contribution in [0.1, 0.15) is 5.56 Å². The summed E-state index contributed by atoms with van der Waals surface area (Å²) in [7, 11) is 3.57. The van der Waals surface area contributed by atoms with Crippen LogP contribution in [-0.4, -0.2) is 21.9 Å². The molecular formula is C17H16FN3OS. The topological polar surface area (TPSA) is 39.9 Å². The zero-order valence-corrected chi connectivity index (χ0v) is 13.7. The largest absolute Gasteiger partial charge is 0.496 e. The van der Waals surface area contributed by atoms with E-state index >= 15 is 0 Å². The number of halogens is 1. The smallest absolute Gasteiger partial charge is 0.191 e. The molecule has 0 aliphatic heterocycles. The molecule has 6 heteroatoms. The normalized spacial score (nSPS) is 10.7. The summed E-state index contributed by atoms with van der Waals surface area (Å²) >= 11 is 1.58. The van der Waals surface area contributed by atoms with Crippen molar-refractivity contribution in [3.05, 3.63) is 59.9 Å². The predicted octanol–water partition coefficient (Wildman–Crippen LogP) is 3.92. The fourth-order valence-corrected chi connectivity index (χ4v) is 3.16. The van der Waals surface area contributed by atoms with Gasteiger partial charge in [0.05, 0.1) is 7.11 Å². The molecule has 0 radical (unpaired) electrons. The molecule has 0 saturated carbocycles. The fourth-order valence-electron chi connectivity index (χ4n) is 2.26. The van der Waals surface area contributed by atoms with Gasteiger partial charge < -0.3 is 9.30 Å². The van der Waals surface area contributed by atoms with E-state index in [1.54, 1.807) is 31.0 Å². The Morgan fingerprint density at radius 3 is 2.57 bits per heavy atom. The van der Waals surface area contributed by atoms with Crippen molar-refractivity contribution in [2.75, 3.05) is 7.11 Å². The van der Waals surface area contributed by atoms with Gasteiger partial charge in [0.15, 0.2) is 11.0 Å². The average molecular weight is 329 g/mol. The number of hydrogen-bond donors (Lipinski definition) is 0. The van der Waals surface area contributed by atoms with Crippen molar-refractivity contribution >= 4 is 11.8 Å². The number of benzene rings is 2. The summed E-state index contributed by atoms with van der Waals surface area (Å²) in [6.45, 7) is 0. The third-order valence-electron chi connectivity index (χ3n) is 3.49. The molecule has 118 valence electrons. The summed E-state index contributed by atoms with van der Waals surface area (Å²) in [6, 6.07) is 14.2. The Kier molecular flexibility index (Phi) is 4.62. The molecule has 4 nitrogen and oxygen atoms in total. The second-order valence-electron chi connectivity index (χ2n) is 4.97. The molecule has 0 atom stereocenters. The van der Waals surface area contributed by atoms with Crippen molar-refractivity contribution in [1.29, 1.82) is 0 Å². The molecule has 3 aromatic rings. The summed E-state index contributed by atoms with van der Waals surface area (Å²) in [5.74, 6) is 2.05. The maximum atomic E-state index is 13.0. The third kappa shape index (κ3) is 3.37. The van der Waals surface area contributed by atoms with E-state index in [4.69, 9.17) is 4.74 Å². The Labute approximate surface area is 138 Å². The Morgan fingerprint density at radius 1 is 1.09 bits per heavy atom. The van der Waals surface area contributed by atoms with E-state index < -0.39 is 0 Å². The standard InChI is InChI=1S/C17H16FN3OS/c1-21-16(12-7-9-14(18)10-8-12)19-20-17(21)23-11-13-5-3-4-6-15(13)22-2/h3-10H,11H2,1-2H3. The Balaban J connectivity index is 1.78. The van der Waals surface area contributed by atoms with Gasteiger partial charge in [-0.25, -0.2) is 4.39 Å². The van der Waals surface area contributed by atoms with Gasteiger partial charge in [-0.15, -0.1) is 10.2 Å². The minimum absolute atomic E-state index is 0.262. The van der Waals surface area contributed by atoms with Gasteiger partial charge in [-0.2, -0.15) is 0 Å². The highest BCUT2D eigenvalue weighted by molar-refractivity contribution is 7.98. The summed E-state index contributed by atoms with van der Waals surface area (Å²) in [5, 5.41) is 9.24. The first-order valence-electron chi connectivity index (χ1n) is 7.09. The molecule has 2 aromatic carbocycles. The number of methoxy groups -OCH3 is 1. The lowest BCUT2D eigenvalue weighted by Crippen LogP contribution is -1.96. The molecule has 0 aliphatic rings. The van der Waals surface area contributed by atoms with E-state index in [0.717, 1.165) is 27.8 Å². The van der Waals surface area contributed by atoms with Crippen molar-refractivity contribution in [2.24, 2.45) is 7.05 Å². The van der Waals surface area contributed by atoms with Gasteiger partial charge in [0.1, 0.15) is 11.6 Å². The molecule has 1 aromatic heterocycles. The Hall–Kier alpha value is -2.34. The zero-order chi connectivity index (χ0) is 16.2. The van der Waals surface area contributed by atoms with Gasteiger partial charge in [0.2, 0.25) is 0 Å². The minimum atomic E-state index is -0.262. The number of nitrogens with zero attached hydrogens (tertiary/aromatic N) is 3. The molecular weight excluding hydrogens is 313 g/mol. The summed E-state index contributed by atoms with van der Waals surface area (Å²) < 4.78 is 20.3. The second-order valence-corrected chi connectivity index (χ2v) is 5.92. The molecule has 0 saturated heterocycles. The van der Waals surface area contributed by atoms with Crippen LogP contribution in [0.3, 0.4) is 0 Å². The van der Waals surface area contributed by atoms with Crippen molar-refractivity contribution in [3.63, 3.8) is 0 Å². The maximum absolute atomic E-state index is 13.0. The molecule has 3 rings (SSSR count). The van der Waals surface area contributed by atoms with E-state index in [9.17, 15) is 4.39 Å². The first-order chi connectivity index (χ1) is 11.2. The van der Waals surface area contributed by atoms with E-state index in [0.29, 0.717) is 5.82 Å². The lowest BCUT2D eigenvalue weighted by Gasteiger charge is -2.07. The van der Waals surface area contributed by atoms with E-state index in [-0.39, 0.29) is 5.82 Å². The highest BCUT2D eigenvalue weighted by atomic mass is 32.2. The van der Waals surface area contributed by atoms with Gasteiger partial charge in [0, 0.05) is 23.9 Å². The molecule has 0 spiro atoms. The molecule has 0 bridgehead atoms. The SMILES string of the molecule is COc1ccccc1CSc1nnc(-c2ccc(F)cc2)n1C. The predicted molar refractivity (Wildman–Crippen MR) is 89.0 cm³/mol. The van der Waals surface area contributed by atoms with E-state index in [2.05, 4.69) is 10.2 Å². The lowest BCUT2D eigenvalue weighted by atomic mass is 10.2. The van der Waals surface area contributed by atoms with Crippen LogP contribution in [-0.2, 0) is 12.8 Å². The second kappa shape index (κ2) is 6.83. The zero-order valence-electron chi connectivity index (χ0n) is 12.9. The monoisotopic (exact) mass is 329 g/mol. The van der Waals surface area contributed by atoms with Gasteiger partial charge in [0.25, 0.3) is 0 Å². The molecule has 0 unspecified atom stereocenters.